The SMILES string of the molecule is CNc1ncnc2ncnn12. The first-order valence-electron chi connectivity index (χ1n) is 3.10. The second-order valence-electron chi connectivity index (χ2n) is 1.92. The molecule has 2 rings (SSSR count). The second kappa shape index (κ2) is 2.15. The van der Waals surface area contributed by atoms with Crippen molar-refractivity contribution in [1.29, 1.82) is 0 Å². The van der Waals surface area contributed by atoms with E-state index in [4.69, 9.17) is 0 Å². The van der Waals surface area contributed by atoms with Crippen molar-refractivity contribution in [1.82, 2.24) is 24.6 Å². The van der Waals surface area contributed by atoms with Gasteiger partial charge in [-0.3, -0.25) is 0 Å². The molecule has 0 aliphatic heterocycles. The van der Waals surface area contributed by atoms with Crippen molar-refractivity contribution in [3.8, 4) is 0 Å². The van der Waals surface area contributed by atoms with Crippen LogP contribution in [-0.4, -0.2) is 31.6 Å². The van der Waals surface area contributed by atoms with Crippen LogP contribution < -0.4 is 5.32 Å². The van der Waals surface area contributed by atoms with E-state index in [1.807, 2.05) is 0 Å². The van der Waals surface area contributed by atoms with Gasteiger partial charge in [0.25, 0.3) is 5.78 Å². The summed E-state index contributed by atoms with van der Waals surface area (Å²) in [6.07, 6.45) is 2.88. The minimum atomic E-state index is 0.546. The van der Waals surface area contributed by atoms with Gasteiger partial charge in [0.2, 0.25) is 5.95 Å². The van der Waals surface area contributed by atoms with Crippen molar-refractivity contribution in [3.63, 3.8) is 0 Å². The summed E-state index contributed by atoms with van der Waals surface area (Å²) in [4.78, 5) is 11.7. The number of aromatic nitrogens is 5. The summed E-state index contributed by atoms with van der Waals surface area (Å²) < 4.78 is 1.53. The summed E-state index contributed by atoms with van der Waals surface area (Å²) in [7, 11) is 1.77. The van der Waals surface area contributed by atoms with Crippen molar-refractivity contribution in [3.05, 3.63) is 12.7 Å². The van der Waals surface area contributed by atoms with Crippen LogP contribution in [0.5, 0.6) is 0 Å². The molecule has 11 heavy (non-hydrogen) atoms. The van der Waals surface area contributed by atoms with Gasteiger partial charge in [-0.05, 0) is 0 Å². The monoisotopic (exact) mass is 150 g/mol. The van der Waals surface area contributed by atoms with Crippen LogP contribution in [-0.2, 0) is 0 Å². The van der Waals surface area contributed by atoms with Crippen LogP contribution >= 0.6 is 0 Å². The van der Waals surface area contributed by atoms with Gasteiger partial charge in [-0.15, -0.1) is 0 Å². The third kappa shape index (κ3) is 0.794. The molecule has 1 N–H and O–H groups in total. The van der Waals surface area contributed by atoms with Crippen molar-refractivity contribution in [2.45, 2.75) is 0 Å². The van der Waals surface area contributed by atoms with Gasteiger partial charge >= 0.3 is 0 Å². The van der Waals surface area contributed by atoms with E-state index in [1.165, 1.54) is 17.2 Å². The second-order valence-corrected chi connectivity index (χ2v) is 1.92. The quantitative estimate of drug-likeness (QED) is 0.597. The van der Waals surface area contributed by atoms with E-state index in [-0.39, 0.29) is 0 Å². The zero-order valence-electron chi connectivity index (χ0n) is 5.89. The van der Waals surface area contributed by atoms with Gasteiger partial charge in [-0.2, -0.15) is 19.6 Å². The highest BCUT2D eigenvalue weighted by molar-refractivity contribution is 5.34. The highest BCUT2D eigenvalue weighted by atomic mass is 15.4. The van der Waals surface area contributed by atoms with Gasteiger partial charge in [0.05, 0.1) is 0 Å². The predicted molar refractivity (Wildman–Crippen MR) is 38.1 cm³/mol. The van der Waals surface area contributed by atoms with Gasteiger partial charge in [0, 0.05) is 7.05 Å². The molecule has 0 spiro atoms. The lowest BCUT2D eigenvalue weighted by molar-refractivity contribution is 0.898. The summed E-state index contributed by atoms with van der Waals surface area (Å²) in [5.41, 5.74) is 0. The third-order valence-corrected chi connectivity index (χ3v) is 1.31. The Kier molecular flexibility index (Phi) is 1.18. The minimum absolute atomic E-state index is 0.546. The van der Waals surface area contributed by atoms with Gasteiger partial charge in [-0.1, -0.05) is 0 Å². The molecule has 0 bridgehead atoms. The fourth-order valence-corrected chi connectivity index (χ4v) is 0.833. The standard InChI is InChI=1S/C5H6N6/c1-6-4-7-2-8-5-9-3-10-11(4)5/h2-3H,1H3,(H,6,7,8,9,10). The Labute approximate surface area is 62.3 Å². The molecule has 0 aliphatic carbocycles. The maximum atomic E-state index is 3.94. The number of hydrogen-bond donors (Lipinski definition) is 1. The van der Waals surface area contributed by atoms with E-state index in [9.17, 15) is 0 Å². The Bertz CT molecular complexity index is 366. The van der Waals surface area contributed by atoms with Gasteiger partial charge in [0.15, 0.2) is 0 Å². The number of fused-ring (bicyclic) bond motifs is 1. The van der Waals surface area contributed by atoms with Crippen LogP contribution in [0.4, 0.5) is 5.95 Å². The summed E-state index contributed by atoms with van der Waals surface area (Å²) in [6.45, 7) is 0. The maximum absolute atomic E-state index is 3.94. The van der Waals surface area contributed by atoms with Crippen molar-refractivity contribution in [2.24, 2.45) is 0 Å². The van der Waals surface area contributed by atoms with E-state index in [1.54, 1.807) is 7.05 Å². The molecule has 0 amide bonds. The molecule has 2 aromatic rings. The third-order valence-electron chi connectivity index (χ3n) is 1.31. The van der Waals surface area contributed by atoms with Gasteiger partial charge in [0.1, 0.15) is 12.7 Å². The van der Waals surface area contributed by atoms with Gasteiger partial charge < -0.3 is 5.32 Å². The van der Waals surface area contributed by atoms with Crippen LogP contribution in [0.15, 0.2) is 12.7 Å². The number of hydrogen-bond acceptors (Lipinski definition) is 5. The molecular formula is C5H6N6. The molecular weight excluding hydrogens is 144 g/mol. The number of nitrogens with zero attached hydrogens (tertiary/aromatic N) is 5. The summed E-state index contributed by atoms with van der Waals surface area (Å²) in [5, 5.41) is 6.77. The number of rotatable bonds is 1. The molecule has 6 nitrogen and oxygen atoms in total. The fourth-order valence-electron chi connectivity index (χ4n) is 0.833. The molecule has 0 aromatic carbocycles. The van der Waals surface area contributed by atoms with Crippen LogP contribution in [0.1, 0.15) is 0 Å². The molecule has 2 heterocycles. The first-order valence-corrected chi connectivity index (χ1v) is 3.10. The number of anilines is 1. The van der Waals surface area contributed by atoms with Crippen LogP contribution in [0.2, 0.25) is 0 Å². The molecule has 0 saturated heterocycles. The molecule has 0 aliphatic rings. The van der Waals surface area contributed by atoms with Crippen molar-refractivity contribution in [2.75, 3.05) is 12.4 Å². The molecule has 6 heteroatoms. The van der Waals surface area contributed by atoms with Crippen LogP contribution in [0.3, 0.4) is 0 Å². The van der Waals surface area contributed by atoms with Crippen molar-refractivity contribution < 1.29 is 0 Å². The normalized spacial score (nSPS) is 10.3. The van der Waals surface area contributed by atoms with E-state index >= 15 is 0 Å². The average molecular weight is 150 g/mol. The summed E-state index contributed by atoms with van der Waals surface area (Å²) in [6, 6.07) is 0. The molecule has 0 fully saturated rings. The van der Waals surface area contributed by atoms with Crippen molar-refractivity contribution >= 4 is 11.7 Å². The van der Waals surface area contributed by atoms with E-state index in [0.717, 1.165) is 0 Å². The zero-order chi connectivity index (χ0) is 7.68. The van der Waals surface area contributed by atoms with E-state index in [0.29, 0.717) is 11.7 Å². The predicted octanol–water partition coefficient (Wildman–Crippen LogP) is -0.439. The Morgan fingerprint density at radius 2 is 2.09 bits per heavy atom. The lowest BCUT2D eigenvalue weighted by Gasteiger charge is -1.97. The number of nitrogens with one attached hydrogen (secondary N) is 1. The largest absolute Gasteiger partial charge is 0.357 e. The average Bonchev–Trinajstić information content (AvgIpc) is 2.50. The van der Waals surface area contributed by atoms with Gasteiger partial charge in [-0.25, -0.2) is 4.98 Å². The van der Waals surface area contributed by atoms with Crippen LogP contribution in [0.25, 0.3) is 5.78 Å². The van der Waals surface area contributed by atoms with E-state index in [2.05, 4.69) is 25.4 Å². The Morgan fingerprint density at radius 1 is 1.27 bits per heavy atom. The topological polar surface area (TPSA) is 68.0 Å². The molecule has 0 radical (unpaired) electrons. The minimum Gasteiger partial charge on any atom is -0.357 e. The molecule has 2 aromatic heterocycles. The highest BCUT2D eigenvalue weighted by Gasteiger charge is 1.99. The maximum Gasteiger partial charge on any atom is 0.256 e. The molecule has 0 atom stereocenters. The molecule has 56 valence electrons. The Hall–Kier alpha value is -1.72. The summed E-state index contributed by atoms with van der Waals surface area (Å²) >= 11 is 0. The van der Waals surface area contributed by atoms with Crippen LogP contribution in [0, 0.1) is 0 Å². The molecule has 0 unspecified atom stereocenters. The zero-order valence-corrected chi connectivity index (χ0v) is 5.89. The lowest BCUT2D eigenvalue weighted by Crippen LogP contribution is -2.02. The highest BCUT2D eigenvalue weighted by Crippen LogP contribution is 1.99. The molecule has 0 saturated carbocycles. The first-order chi connectivity index (χ1) is 5.42. The smallest absolute Gasteiger partial charge is 0.256 e. The fraction of sp³-hybridized carbons (Fsp3) is 0.200. The lowest BCUT2D eigenvalue weighted by atomic mass is 10.9. The van der Waals surface area contributed by atoms with E-state index < -0.39 is 0 Å². The summed E-state index contributed by atoms with van der Waals surface area (Å²) in [5.74, 6) is 1.18. The Balaban J connectivity index is 2.79. The Morgan fingerprint density at radius 3 is 2.91 bits per heavy atom. The first kappa shape index (κ1) is 6.02.